The van der Waals surface area contributed by atoms with Gasteiger partial charge in [-0.3, -0.25) is 4.90 Å². The molecule has 3 heteroatoms. The molecule has 1 fully saturated rings. The van der Waals surface area contributed by atoms with Gasteiger partial charge >= 0.3 is 0 Å². The quantitative estimate of drug-likeness (QED) is 0.850. The van der Waals surface area contributed by atoms with Crippen molar-refractivity contribution in [2.75, 3.05) is 26.7 Å². The van der Waals surface area contributed by atoms with Crippen LogP contribution in [-0.2, 0) is 6.42 Å². The van der Waals surface area contributed by atoms with Crippen molar-refractivity contribution in [1.82, 2.24) is 10.2 Å². The molecule has 17 heavy (non-hydrogen) atoms. The van der Waals surface area contributed by atoms with E-state index in [0.717, 1.165) is 31.8 Å². The maximum absolute atomic E-state index is 5.98. The minimum Gasteiger partial charge on any atom is -0.488 e. The molecule has 3 nitrogen and oxygen atoms in total. The van der Waals surface area contributed by atoms with E-state index in [1.54, 1.807) is 0 Å². The van der Waals surface area contributed by atoms with Crippen molar-refractivity contribution in [2.24, 2.45) is 0 Å². The van der Waals surface area contributed by atoms with Gasteiger partial charge in [0.1, 0.15) is 11.9 Å². The number of hydrogen-bond donors (Lipinski definition) is 1. The molecule has 0 bridgehead atoms. The van der Waals surface area contributed by atoms with Crippen molar-refractivity contribution < 1.29 is 4.74 Å². The normalized spacial score (nSPS) is 27.2. The van der Waals surface area contributed by atoms with Crippen molar-refractivity contribution in [3.05, 3.63) is 29.8 Å². The largest absolute Gasteiger partial charge is 0.488 e. The molecule has 1 saturated heterocycles. The van der Waals surface area contributed by atoms with Crippen LogP contribution in [0.2, 0.25) is 0 Å². The lowest BCUT2D eigenvalue weighted by atomic mass is 10.1. The minimum absolute atomic E-state index is 0.331. The highest BCUT2D eigenvalue weighted by atomic mass is 16.5. The first-order valence-electron chi connectivity index (χ1n) is 6.48. The van der Waals surface area contributed by atoms with E-state index in [1.165, 1.54) is 12.0 Å². The Labute approximate surface area is 103 Å². The molecule has 0 radical (unpaired) electrons. The van der Waals surface area contributed by atoms with Crippen LogP contribution < -0.4 is 10.1 Å². The molecule has 1 aromatic carbocycles. The predicted molar refractivity (Wildman–Crippen MR) is 68.5 cm³/mol. The van der Waals surface area contributed by atoms with Gasteiger partial charge in [-0.2, -0.15) is 0 Å². The van der Waals surface area contributed by atoms with E-state index in [9.17, 15) is 0 Å². The predicted octanol–water partition coefficient (Wildman–Crippen LogP) is 1.28. The van der Waals surface area contributed by atoms with Gasteiger partial charge in [-0.05, 0) is 31.6 Å². The van der Waals surface area contributed by atoms with Gasteiger partial charge in [-0.15, -0.1) is 0 Å². The molecular formula is C14H20N2O. The maximum atomic E-state index is 5.98. The number of para-hydroxylation sites is 1. The van der Waals surface area contributed by atoms with E-state index in [0.29, 0.717) is 12.1 Å². The molecule has 2 aliphatic rings. The lowest BCUT2D eigenvalue weighted by Gasteiger charge is -2.26. The molecule has 2 atom stereocenters. The topological polar surface area (TPSA) is 24.5 Å². The molecule has 0 saturated carbocycles. The summed E-state index contributed by atoms with van der Waals surface area (Å²) in [7, 11) is 2.21. The molecule has 3 rings (SSSR count). The Morgan fingerprint density at radius 1 is 1.41 bits per heavy atom. The van der Waals surface area contributed by atoms with Crippen LogP contribution in [0.1, 0.15) is 12.0 Å². The first kappa shape index (κ1) is 11.1. The lowest BCUT2D eigenvalue weighted by molar-refractivity contribution is 0.144. The summed E-state index contributed by atoms with van der Waals surface area (Å²) >= 11 is 0. The van der Waals surface area contributed by atoms with Crippen molar-refractivity contribution in [3.8, 4) is 5.75 Å². The van der Waals surface area contributed by atoms with Crippen LogP contribution in [0.4, 0.5) is 0 Å². The van der Waals surface area contributed by atoms with Crippen LogP contribution in [0.25, 0.3) is 0 Å². The first-order valence-corrected chi connectivity index (χ1v) is 6.48. The van der Waals surface area contributed by atoms with E-state index in [-0.39, 0.29) is 0 Å². The van der Waals surface area contributed by atoms with Gasteiger partial charge < -0.3 is 10.1 Å². The molecule has 1 aromatic rings. The highest BCUT2D eigenvalue weighted by molar-refractivity contribution is 5.37. The highest BCUT2D eigenvalue weighted by Gasteiger charge is 2.27. The maximum Gasteiger partial charge on any atom is 0.123 e. The van der Waals surface area contributed by atoms with Gasteiger partial charge in [0.05, 0.1) is 0 Å². The van der Waals surface area contributed by atoms with Crippen LogP contribution in [0.5, 0.6) is 5.75 Å². The average Bonchev–Trinajstić information content (AvgIpc) is 2.97. The monoisotopic (exact) mass is 232 g/mol. The molecule has 92 valence electrons. The fourth-order valence-corrected chi connectivity index (χ4v) is 2.84. The SMILES string of the molecule is CN(CC1Cc2ccccc2O1)C1CCNC1. The van der Waals surface area contributed by atoms with Crippen molar-refractivity contribution in [2.45, 2.75) is 25.0 Å². The standard InChI is InChI=1S/C14H20N2O/c1-16(12-6-7-15-9-12)10-13-8-11-4-2-3-5-14(11)17-13/h2-5,12-13,15H,6-10H2,1H3. The molecule has 2 heterocycles. The summed E-state index contributed by atoms with van der Waals surface area (Å²) in [6, 6.07) is 9.07. The average molecular weight is 232 g/mol. The Kier molecular flexibility index (Phi) is 3.04. The summed E-state index contributed by atoms with van der Waals surface area (Å²) in [5.41, 5.74) is 1.36. The second-order valence-electron chi connectivity index (χ2n) is 5.14. The summed E-state index contributed by atoms with van der Waals surface area (Å²) in [6.07, 6.45) is 2.65. The number of nitrogens with one attached hydrogen (secondary N) is 1. The van der Waals surface area contributed by atoms with Crippen LogP contribution in [-0.4, -0.2) is 43.7 Å². The summed E-state index contributed by atoms with van der Waals surface area (Å²) < 4.78 is 5.98. The van der Waals surface area contributed by atoms with Gasteiger partial charge in [0.15, 0.2) is 0 Å². The summed E-state index contributed by atoms with van der Waals surface area (Å²) in [4.78, 5) is 2.44. The third-order valence-electron chi connectivity index (χ3n) is 3.86. The lowest BCUT2D eigenvalue weighted by Crippen LogP contribution is -2.40. The summed E-state index contributed by atoms with van der Waals surface area (Å²) in [6.45, 7) is 3.30. The van der Waals surface area contributed by atoms with Gasteiger partial charge in [-0.1, -0.05) is 18.2 Å². The minimum atomic E-state index is 0.331. The Bertz CT molecular complexity index is 363. The molecule has 0 aromatic heterocycles. The molecule has 0 aliphatic carbocycles. The third-order valence-corrected chi connectivity index (χ3v) is 3.86. The van der Waals surface area contributed by atoms with Gasteiger partial charge in [0.25, 0.3) is 0 Å². The van der Waals surface area contributed by atoms with E-state index in [1.807, 2.05) is 6.07 Å². The Morgan fingerprint density at radius 3 is 3.06 bits per heavy atom. The van der Waals surface area contributed by atoms with E-state index in [4.69, 9.17) is 4.74 Å². The number of fused-ring (bicyclic) bond motifs is 1. The molecule has 2 aliphatic heterocycles. The molecule has 0 spiro atoms. The van der Waals surface area contributed by atoms with E-state index in [2.05, 4.69) is 35.5 Å². The van der Waals surface area contributed by atoms with E-state index >= 15 is 0 Å². The van der Waals surface area contributed by atoms with Crippen LogP contribution in [0, 0.1) is 0 Å². The molecule has 1 N–H and O–H groups in total. The zero-order valence-corrected chi connectivity index (χ0v) is 10.4. The van der Waals surface area contributed by atoms with Gasteiger partial charge in [0.2, 0.25) is 0 Å². The zero-order valence-electron chi connectivity index (χ0n) is 10.4. The fourth-order valence-electron chi connectivity index (χ4n) is 2.84. The Hall–Kier alpha value is -1.06. The third kappa shape index (κ3) is 2.31. The number of ether oxygens (including phenoxy) is 1. The number of rotatable bonds is 3. The van der Waals surface area contributed by atoms with Crippen molar-refractivity contribution in [3.63, 3.8) is 0 Å². The molecule has 2 unspecified atom stereocenters. The number of likely N-dealkylation sites (N-methyl/N-ethyl adjacent to an activating group) is 1. The second kappa shape index (κ2) is 4.67. The van der Waals surface area contributed by atoms with Crippen LogP contribution in [0.3, 0.4) is 0 Å². The van der Waals surface area contributed by atoms with Crippen molar-refractivity contribution in [1.29, 1.82) is 0 Å². The number of benzene rings is 1. The Morgan fingerprint density at radius 2 is 2.29 bits per heavy atom. The Balaban J connectivity index is 1.58. The second-order valence-corrected chi connectivity index (χ2v) is 5.14. The van der Waals surface area contributed by atoms with Gasteiger partial charge in [-0.25, -0.2) is 0 Å². The number of nitrogens with zero attached hydrogens (tertiary/aromatic N) is 1. The molecular weight excluding hydrogens is 212 g/mol. The van der Waals surface area contributed by atoms with Gasteiger partial charge in [0, 0.05) is 25.6 Å². The number of hydrogen-bond acceptors (Lipinski definition) is 3. The summed E-state index contributed by atoms with van der Waals surface area (Å²) in [5.74, 6) is 1.08. The van der Waals surface area contributed by atoms with Crippen LogP contribution >= 0.6 is 0 Å². The smallest absolute Gasteiger partial charge is 0.123 e. The zero-order chi connectivity index (χ0) is 11.7. The van der Waals surface area contributed by atoms with Crippen molar-refractivity contribution >= 4 is 0 Å². The van der Waals surface area contributed by atoms with Crippen LogP contribution in [0.15, 0.2) is 24.3 Å². The fraction of sp³-hybridized carbons (Fsp3) is 0.571. The van der Waals surface area contributed by atoms with E-state index < -0.39 is 0 Å². The highest BCUT2D eigenvalue weighted by Crippen LogP contribution is 2.28. The first-order chi connectivity index (χ1) is 8.33. The summed E-state index contributed by atoms with van der Waals surface area (Å²) in [5, 5.41) is 3.41. The molecule has 0 amide bonds.